The zero-order valence-corrected chi connectivity index (χ0v) is 9.88. The molecule has 6 heteroatoms. The first-order valence-electron chi connectivity index (χ1n) is 5.20. The standard InChI is InChI=1S/C11H11F4NS/c1-5-2-6(4-17-5)16-11-9(14)7(12)3-8(13)10(11)15/h3,5-6,16H,2,4H2,1H3. The molecule has 94 valence electrons. The van der Waals surface area contributed by atoms with Crippen LogP contribution >= 0.6 is 11.8 Å². The lowest BCUT2D eigenvalue weighted by Gasteiger charge is -2.15. The van der Waals surface area contributed by atoms with Gasteiger partial charge in [-0.25, -0.2) is 17.6 Å². The van der Waals surface area contributed by atoms with E-state index in [0.717, 1.165) is 0 Å². The van der Waals surface area contributed by atoms with Crippen LogP contribution in [0.25, 0.3) is 0 Å². The van der Waals surface area contributed by atoms with E-state index in [1.807, 2.05) is 6.92 Å². The highest BCUT2D eigenvalue weighted by atomic mass is 32.2. The Morgan fingerprint density at radius 2 is 1.76 bits per heavy atom. The third-order valence-corrected chi connectivity index (χ3v) is 4.01. The van der Waals surface area contributed by atoms with E-state index in [-0.39, 0.29) is 12.1 Å². The van der Waals surface area contributed by atoms with Gasteiger partial charge in [0.1, 0.15) is 5.69 Å². The maximum Gasteiger partial charge on any atom is 0.185 e. The SMILES string of the molecule is CC1CC(Nc2c(F)c(F)cc(F)c2F)CS1. The third-order valence-electron chi connectivity index (χ3n) is 2.66. The number of hydrogen-bond acceptors (Lipinski definition) is 2. The van der Waals surface area contributed by atoms with Crippen molar-refractivity contribution in [2.24, 2.45) is 0 Å². The van der Waals surface area contributed by atoms with Crippen molar-refractivity contribution >= 4 is 17.4 Å². The number of halogens is 4. The highest BCUT2D eigenvalue weighted by Crippen LogP contribution is 2.31. The number of benzene rings is 1. The molecule has 1 saturated heterocycles. The van der Waals surface area contributed by atoms with Crippen LogP contribution in [0.3, 0.4) is 0 Å². The molecule has 0 saturated carbocycles. The maximum absolute atomic E-state index is 13.3. The van der Waals surface area contributed by atoms with E-state index in [9.17, 15) is 17.6 Å². The van der Waals surface area contributed by atoms with E-state index in [1.165, 1.54) is 0 Å². The predicted molar refractivity (Wildman–Crippen MR) is 60.2 cm³/mol. The van der Waals surface area contributed by atoms with Crippen LogP contribution in [0.5, 0.6) is 0 Å². The smallest absolute Gasteiger partial charge is 0.185 e. The average molecular weight is 265 g/mol. The Bertz CT molecular complexity index is 412. The lowest BCUT2D eigenvalue weighted by molar-refractivity contribution is 0.456. The summed E-state index contributed by atoms with van der Waals surface area (Å²) in [6, 6.07) is 0.0437. The molecule has 1 N–H and O–H groups in total. The van der Waals surface area contributed by atoms with Crippen LogP contribution in [0.2, 0.25) is 0 Å². The van der Waals surface area contributed by atoms with E-state index in [0.29, 0.717) is 17.4 Å². The van der Waals surface area contributed by atoms with Gasteiger partial charge in [-0.3, -0.25) is 0 Å². The lowest BCUT2D eigenvalue weighted by Crippen LogP contribution is -2.21. The molecule has 0 aromatic heterocycles. The normalized spacial score (nSPS) is 24.1. The molecule has 2 unspecified atom stereocenters. The van der Waals surface area contributed by atoms with Crippen molar-refractivity contribution in [3.8, 4) is 0 Å². The Kier molecular flexibility index (Phi) is 3.51. The van der Waals surface area contributed by atoms with Gasteiger partial charge in [-0.2, -0.15) is 11.8 Å². The van der Waals surface area contributed by atoms with Gasteiger partial charge in [-0.05, 0) is 6.42 Å². The number of hydrogen-bond donors (Lipinski definition) is 1. The van der Waals surface area contributed by atoms with Crippen LogP contribution in [0.4, 0.5) is 23.2 Å². The second-order valence-electron chi connectivity index (χ2n) is 4.06. The minimum atomic E-state index is -1.38. The topological polar surface area (TPSA) is 12.0 Å². The van der Waals surface area contributed by atoms with Crippen LogP contribution in [0.1, 0.15) is 13.3 Å². The summed E-state index contributed by atoms with van der Waals surface area (Å²) in [5, 5.41) is 2.91. The summed E-state index contributed by atoms with van der Waals surface area (Å²) in [7, 11) is 0. The maximum atomic E-state index is 13.3. The number of anilines is 1. The average Bonchev–Trinajstić information content (AvgIpc) is 2.68. The van der Waals surface area contributed by atoms with Crippen LogP contribution in [-0.4, -0.2) is 17.0 Å². The molecule has 0 amide bonds. The van der Waals surface area contributed by atoms with E-state index in [1.54, 1.807) is 11.8 Å². The Balaban J connectivity index is 2.26. The first kappa shape index (κ1) is 12.5. The molecule has 1 heterocycles. The summed E-state index contributed by atoms with van der Waals surface area (Å²) in [5.74, 6) is -4.84. The molecule has 1 aliphatic heterocycles. The zero-order chi connectivity index (χ0) is 12.6. The predicted octanol–water partition coefficient (Wildman–Crippen LogP) is 3.55. The number of rotatable bonds is 2. The Labute approximate surface area is 101 Å². The monoisotopic (exact) mass is 265 g/mol. The van der Waals surface area contributed by atoms with Crippen LogP contribution in [-0.2, 0) is 0 Å². The molecule has 0 bridgehead atoms. The molecule has 0 aliphatic carbocycles. The van der Waals surface area contributed by atoms with Gasteiger partial charge in [-0.1, -0.05) is 6.92 Å². The molecule has 2 rings (SSSR count). The third kappa shape index (κ3) is 2.51. The second-order valence-corrected chi connectivity index (χ2v) is 5.54. The fourth-order valence-corrected chi connectivity index (χ4v) is 2.97. The molecular weight excluding hydrogens is 254 g/mol. The van der Waals surface area contributed by atoms with Crippen molar-refractivity contribution in [2.75, 3.05) is 11.1 Å². The largest absolute Gasteiger partial charge is 0.377 e. The molecule has 1 aromatic rings. The molecule has 0 radical (unpaired) electrons. The number of nitrogens with one attached hydrogen (secondary N) is 1. The number of thioether (sulfide) groups is 1. The fourth-order valence-electron chi connectivity index (χ4n) is 1.82. The van der Waals surface area contributed by atoms with Gasteiger partial charge in [0.25, 0.3) is 0 Å². The van der Waals surface area contributed by atoms with Gasteiger partial charge in [0.15, 0.2) is 23.3 Å². The summed E-state index contributed by atoms with van der Waals surface area (Å²) >= 11 is 1.65. The molecule has 0 spiro atoms. The lowest BCUT2D eigenvalue weighted by atomic mass is 10.1. The van der Waals surface area contributed by atoms with Crippen LogP contribution in [0, 0.1) is 23.3 Å². The second kappa shape index (κ2) is 4.76. The zero-order valence-electron chi connectivity index (χ0n) is 9.07. The first-order chi connectivity index (χ1) is 7.99. The molecular formula is C11H11F4NS. The van der Waals surface area contributed by atoms with Gasteiger partial charge >= 0.3 is 0 Å². The fraction of sp³-hybridized carbons (Fsp3) is 0.455. The summed E-state index contributed by atoms with van der Waals surface area (Å²) in [6.07, 6.45) is 0.710. The van der Waals surface area contributed by atoms with Crippen molar-refractivity contribution in [3.63, 3.8) is 0 Å². The van der Waals surface area contributed by atoms with E-state index >= 15 is 0 Å². The highest BCUT2D eigenvalue weighted by molar-refractivity contribution is 8.00. The van der Waals surface area contributed by atoms with Gasteiger partial charge in [-0.15, -0.1) is 0 Å². The minimum absolute atomic E-state index is 0.166. The molecule has 1 aromatic carbocycles. The highest BCUT2D eigenvalue weighted by Gasteiger charge is 2.26. The Morgan fingerprint density at radius 1 is 1.18 bits per heavy atom. The first-order valence-corrected chi connectivity index (χ1v) is 6.25. The van der Waals surface area contributed by atoms with Gasteiger partial charge in [0.2, 0.25) is 0 Å². The van der Waals surface area contributed by atoms with E-state index < -0.39 is 29.0 Å². The summed E-state index contributed by atoms with van der Waals surface area (Å²) in [6.45, 7) is 1.99. The van der Waals surface area contributed by atoms with Gasteiger partial charge in [0, 0.05) is 23.1 Å². The molecule has 1 aliphatic rings. The Hall–Kier alpha value is -0.910. The molecule has 1 nitrogen and oxygen atoms in total. The molecule has 1 fully saturated rings. The quantitative estimate of drug-likeness (QED) is 0.648. The van der Waals surface area contributed by atoms with Gasteiger partial charge in [0.05, 0.1) is 0 Å². The van der Waals surface area contributed by atoms with Crippen molar-refractivity contribution < 1.29 is 17.6 Å². The van der Waals surface area contributed by atoms with Crippen molar-refractivity contribution in [2.45, 2.75) is 24.6 Å². The van der Waals surface area contributed by atoms with Crippen molar-refractivity contribution in [1.29, 1.82) is 0 Å². The van der Waals surface area contributed by atoms with Crippen molar-refractivity contribution in [3.05, 3.63) is 29.3 Å². The minimum Gasteiger partial charge on any atom is -0.377 e. The van der Waals surface area contributed by atoms with Crippen LogP contribution in [0.15, 0.2) is 6.07 Å². The van der Waals surface area contributed by atoms with Crippen molar-refractivity contribution in [1.82, 2.24) is 0 Å². The summed E-state index contributed by atoms with van der Waals surface area (Å²) < 4.78 is 52.6. The molecule has 2 atom stereocenters. The van der Waals surface area contributed by atoms with Gasteiger partial charge < -0.3 is 5.32 Å². The molecule has 17 heavy (non-hydrogen) atoms. The summed E-state index contributed by atoms with van der Waals surface area (Å²) in [5.41, 5.74) is -0.706. The van der Waals surface area contributed by atoms with E-state index in [4.69, 9.17) is 0 Å². The van der Waals surface area contributed by atoms with E-state index in [2.05, 4.69) is 5.32 Å². The Morgan fingerprint density at radius 3 is 2.24 bits per heavy atom. The summed E-state index contributed by atoms with van der Waals surface area (Å²) in [4.78, 5) is 0. The van der Waals surface area contributed by atoms with Crippen LogP contribution < -0.4 is 5.32 Å².